The van der Waals surface area contributed by atoms with Crippen molar-refractivity contribution >= 4 is 27.5 Å². The molecule has 5 nitrogen and oxygen atoms in total. The van der Waals surface area contributed by atoms with Gasteiger partial charge in [0.05, 0.1) is 5.60 Å². The van der Waals surface area contributed by atoms with Crippen LogP contribution >= 0.6 is 11.3 Å². The van der Waals surface area contributed by atoms with Gasteiger partial charge in [0.15, 0.2) is 6.10 Å². The van der Waals surface area contributed by atoms with Crippen LogP contribution in [0.1, 0.15) is 67.1 Å². The maximum absolute atomic E-state index is 12.4. The average molecular weight is 425 g/mol. The maximum Gasteiger partial charge on any atom is 0.337 e. The molecule has 6 heteroatoms. The minimum absolute atomic E-state index is 0.607. The van der Waals surface area contributed by atoms with E-state index in [0.29, 0.717) is 11.3 Å². The lowest BCUT2D eigenvalue weighted by Gasteiger charge is -2.28. The number of thiophene rings is 1. The van der Waals surface area contributed by atoms with E-state index < -0.39 is 17.7 Å². The highest BCUT2D eigenvalue weighted by molar-refractivity contribution is 7.19. The Balaban J connectivity index is 2.10. The molecule has 3 aromatic heterocycles. The molecule has 0 saturated heterocycles. The molecule has 30 heavy (non-hydrogen) atoms. The van der Waals surface area contributed by atoms with Crippen LogP contribution in [0.4, 0.5) is 0 Å². The number of rotatable bonds is 4. The van der Waals surface area contributed by atoms with Gasteiger partial charge in [-0.05, 0) is 83.6 Å². The molecule has 3 aromatic rings. The van der Waals surface area contributed by atoms with Crippen LogP contribution in [0.2, 0.25) is 0 Å². The molecule has 1 unspecified atom stereocenters. The largest absolute Gasteiger partial charge is 0.479 e. The summed E-state index contributed by atoms with van der Waals surface area (Å²) in [6, 6.07) is 3.99. The van der Waals surface area contributed by atoms with Crippen molar-refractivity contribution in [1.29, 1.82) is 0 Å². The van der Waals surface area contributed by atoms with Crippen LogP contribution < -0.4 is 0 Å². The second kappa shape index (κ2) is 7.75. The zero-order valence-electron chi connectivity index (χ0n) is 18.2. The molecule has 0 radical (unpaired) electrons. The lowest BCUT2D eigenvalue weighted by molar-refractivity contribution is -0.160. The summed E-state index contributed by atoms with van der Waals surface area (Å²) in [6.07, 6.45) is 5.12. The molecule has 158 valence electrons. The smallest absolute Gasteiger partial charge is 0.337 e. The molecule has 1 N–H and O–H groups in total. The van der Waals surface area contributed by atoms with Gasteiger partial charge in [0.25, 0.3) is 0 Å². The first-order valence-electron chi connectivity index (χ1n) is 10.4. The van der Waals surface area contributed by atoms with E-state index >= 15 is 0 Å². The number of ether oxygens (including phenoxy) is 1. The van der Waals surface area contributed by atoms with Crippen molar-refractivity contribution in [3.63, 3.8) is 0 Å². The van der Waals surface area contributed by atoms with E-state index in [1.807, 2.05) is 46.8 Å². The van der Waals surface area contributed by atoms with E-state index in [1.165, 1.54) is 16.9 Å². The monoisotopic (exact) mass is 424 g/mol. The van der Waals surface area contributed by atoms with Gasteiger partial charge in [-0.2, -0.15) is 0 Å². The standard InChI is InChI=1S/C24H28N2O3S/c1-13-12-15(10-11-25-13)19-18(21(23(27)28)29-24(3,4)5)14(2)26-22-20(19)16-8-6-7-9-17(16)30-22/h10-12,21H,6-9H2,1-5H3,(H,27,28). The van der Waals surface area contributed by atoms with E-state index in [1.54, 1.807) is 17.5 Å². The Morgan fingerprint density at radius 2 is 1.97 bits per heavy atom. The molecule has 0 amide bonds. The molecule has 3 heterocycles. The van der Waals surface area contributed by atoms with Gasteiger partial charge in [0.2, 0.25) is 0 Å². The Hall–Kier alpha value is -2.31. The van der Waals surface area contributed by atoms with E-state index in [-0.39, 0.29) is 0 Å². The molecule has 0 aliphatic heterocycles. The summed E-state index contributed by atoms with van der Waals surface area (Å²) < 4.78 is 6.08. The van der Waals surface area contributed by atoms with Crippen LogP contribution in [0.5, 0.6) is 0 Å². The zero-order chi connectivity index (χ0) is 21.6. The summed E-state index contributed by atoms with van der Waals surface area (Å²) in [7, 11) is 0. The van der Waals surface area contributed by atoms with E-state index in [9.17, 15) is 9.90 Å². The number of carboxylic acid groups (broad SMARTS) is 1. The van der Waals surface area contributed by atoms with Crippen LogP contribution in [0.25, 0.3) is 21.3 Å². The molecule has 0 spiro atoms. The normalized spacial score (nSPS) is 15.2. The van der Waals surface area contributed by atoms with Gasteiger partial charge in [-0.1, -0.05) is 0 Å². The molecular weight excluding hydrogens is 396 g/mol. The van der Waals surface area contributed by atoms with Crippen molar-refractivity contribution in [2.24, 2.45) is 0 Å². The fourth-order valence-corrected chi connectivity index (χ4v) is 5.64. The molecule has 1 atom stereocenters. The van der Waals surface area contributed by atoms with Crippen molar-refractivity contribution in [3.05, 3.63) is 45.7 Å². The minimum atomic E-state index is -1.09. The molecule has 0 saturated carbocycles. The number of aryl methyl sites for hydroxylation is 4. The Morgan fingerprint density at radius 1 is 1.23 bits per heavy atom. The molecule has 0 fully saturated rings. The number of nitrogens with zero attached hydrogens (tertiary/aromatic N) is 2. The third kappa shape index (κ3) is 3.86. The van der Waals surface area contributed by atoms with Crippen LogP contribution in [0.3, 0.4) is 0 Å². The van der Waals surface area contributed by atoms with Crippen molar-refractivity contribution in [2.75, 3.05) is 0 Å². The average Bonchev–Trinajstić information content (AvgIpc) is 3.02. The van der Waals surface area contributed by atoms with Crippen molar-refractivity contribution < 1.29 is 14.6 Å². The highest BCUT2D eigenvalue weighted by Gasteiger charge is 2.33. The predicted octanol–water partition coefficient (Wildman–Crippen LogP) is 5.79. The van der Waals surface area contributed by atoms with Crippen LogP contribution in [0.15, 0.2) is 18.3 Å². The third-order valence-electron chi connectivity index (χ3n) is 5.47. The van der Waals surface area contributed by atoms with E-state index in [2.05, 4.69) is 4.98 Å². The Kier molecular flexibility index (Phi) is 5.41. The number of hydrogen-bond acceptors (Lipinski definition) is 5. The number of fused-ring (bicyclic) bond motifs is 3. The first kappa shape index (κ1) is 20.9. The van der Waals surface area contributed by atoms with Gasteiger partial charge in [-0.15, -0.1) is 11.3 Å². The number of carbonyl (C=O) groups is 1. The Labute approximate surface area is 181 Å². The highest BCUT2D eigenvalue weighted by atomic mass is 32.1. The first-order chi connectivity index (χ1) is 14.2. The molecule has 4 rings (SSSR count). The van der Waals surface area contributed by atoms with E-state index in [0.717, 1.165) is 46.3 Å². The molecular formula is C24H28N2O3S. The summed E-state index contributed by atoms with van der Waals surface area (Å²) in [5.74, 6) is -0.995. The van der Waals surface area contributed by atoms with Crippen LogP contribution in [-0.4, -0.2) is 26.6 Å². The SMILES string of the molecule is Cc1cc(-c2c(C(OC(C)(C)C)C(=O)O)c(C)nc3sc4c(c23)CCCC4)ccn1. The van der Waals surface area contributed by atoms with E-state index in [4.69, 9.17) is 9.72 Å². The summed E-state index contributed by atoms with van der Waals surface area (Å²) in [4.78, 5) is 24.0. The van der Waals surface area contributed by atoms with Crippen molar-refractivity contribution in [2.45, 2.75) is 72.0 Å². The van der Waals surface area contributed by atoms with Gasteiger partial charge in [0, 0.05) is 39.0 Å². The number of aliphatic carboxylic acids is 1. The van der Waals surface area contributed by atoms with Crippen molar-refractivity contribution in [3.8, 4) is 11.1 Å². The predicted molar refractivity (Wildman–Crippen MR) is 120 cm³/mol. The van der Waals surface area contributed by atoms with Crippen LogP contribution in [0, 0.1) is 13.8 Å². The molecule has 0 bridgehead atoms. The minimum Gasteiger partial charge on any atom is -0.479 e. The number of hydrogen-bond donors (Lipinski definition) is 1. The fourth-order valence-electron chi connectivity index (χ4n) is 4.32. The maximum atomic E-state index is 12.4. The zero-order valence-corrected chi connectivity index (χ0v) is 19.0. The molecule has 1 aliphatic rings. The number of aromatic nitrogens is 2. The van der Waals surface area contributed by atoms with Gasteiger partial charge in [0.1, 0.15) is 4.83 Å². The quantitative estimate of drug-likeness (QED) is 0.573. The summed E-state index contributed by atoms with van der Waals surface area (Å²) in [5, 5.41) is 11.2. The fraction of sp³-hybridized carbons (Fsp3) is 0.458. The third-order valence-corrected chi connectivity index (χ3v) is 6.66. The first-order valence-corrected chi connectivity index (χ1v) is 11.3. The number of pyridine rings is 2. The summed E-state index contributed by atoms with van der Waals surface area (Å²) in [5.41, 5.74) is 4.91. The Bertz CT molecular complexity index is 1130. The highest BCUT2D eigenvalue weighted by Crippen LogP contribution is 2.45. The molecule has 1 aliphatic carbocycles. The second-order valence-corrected chi connectivity index (χ2v) is 10.1. The van der Waals surface area contributed by atoms with Gasteiger partial charge >= 0.3 is 5.97 Å². The van der Waals surface area contributed by atoms with Gasteiger partial charge in [-0.3, -0.25) is 4.98 Å². The van der Waals surface area contributed by atoms with Crippen LogP contribution in [-0.2, 0) is 22.4 Å². The Morgan fingerprint density at radius 3 is 2.63 bits per heavy atom. The summed E-state index contributed by atoms with van der Waals surface area (Å²) in [6.45, 7) is 9.50. The number of carboxylic acids is 1. The topological polar surface area (TPSA) is 72.3 Å². The van der Waals surface area contributed by atoms with Gasteiger partial charge < -0.3 is 9.84 Å². The van der Waals surface area contributed by atoms with Gasteiger partial charge in [-0.25, -0.2) is 9.78 Å². The lowest BCUT2D eigenvalue weighted by Crippen LogP contribution is -2.28. The molecule has 0 aromatic carbocycles. The second-order valence-electron chi connectivity index (χ2n) is 9.01. The van der Waals surface area contributed by atoms with Crippen molar-refractivity contribution in [1.82, 2.24) is 9.97 Å². The summed E-state index contributed by atoms with van der Waals surface area (Å²) >= 11 is 1.75. The lowest BCUT2D eigenvalue weighted by atomic mass is 9.88.